The third-order valence-corrected chi connectivity index (χ3v) is 2.30. The first kappa shape index (κ1) is 10.5. The van der Waals surface area contributed by atoms with Gasteiger partial charge in [-0.25, -0.2) is 4.79 Å². The molecule has 1 saturated carbocycles. The molecular formula is C11H11NO4. The molecule has 1 aliphatic rings. The van der Waals surface area contributed by atoms with Crippen LogP contribution in [-0.4, -0.2) is 17.0 Å². The molecule has 0 aliphatic heterocycles. The van der Waals surface area contributed by atoms with E-state index in [0.29, 0.717) is 0 Å². The second kappa shape index (κ2) is 4.22. The van der Waals surface area contributed by atoms with Crippen LogP contribution in [0.5, 0.6) is 5.75 Å². The summed E-state index contributed by atoms with van der Waals surface area (Å²) in [6.07, 6.45) is 1.62. The summed E-state index contributed by atoms with van der Waals surface area (Å²) in [5.74, 6) is -1.29. The molecule has 1 amide bonds. The zero-order valence-electron chi connectivity index (χ0n) is 8.47. The van der Waals surface area contributed by atoms with Crippen molar-refractivity contribution >= 4 is 11.9 Å². The Morgan fingerprint density at radius 2 is 2.00 bits per heavy atom. The van der Waals surface area contributed by atoms with Gasteiger partial charge in [-0.05, 0) is 25.0 Å². The van der Waals surface area contributed by atoms with Crippen molar-refractivity contribution in [3.63, 3.8) is 0 Å². The smallest absolute Gasteiger partial charge is 0.335 e. The van der Waals surface area contributed by atoms with Crippen molar-refractivity contribution in [1.29, 1.82) is 0 Å². The van der Waals surface area contributed by atoms with Crippen molar-refractivity contribution in [1.82, 2.24) is 5.48 Å². The van der Waals surface area contributed by atoms with Crippen molar-refractivity contribution < 1.29 is 19.5 Å². The molecule has 0 unspecified atom stereocenters. The van der Waals surface area contributed by atoms with Gasteiger partial charge >= 0.3 is 5.97 Å². The predicted molar refractivity (Wildman–Crippen MR) is 54.4 cm³/mol. The molecule has 1 aromatic carbocycles. The number of rotatable bonds is 2. The van der Waals surface area contributed by atoms with Gasteiger partial charge in [0.2, 0.25) is 0 Å². The molecule has 1 aliphatic carbocycles. The number of nitrogens with one attached hydrogen (secondary N) is 1. The highest BCUT2D eigenvalue weighted by molar-refractivity contribution is 5.96. The minimum atomic E-state index is -0.632. The lowest BCUT2D eigenvalue weighted by Crippen LogP contribution is -2.27. The van der Waals surface area contributed by atoms with Crippen molar-refractivity contribution in [3.8, 4) is 5.75 Å². The fourth-order valence-corrected chi connectivity index (χ4v) is 1.22. The largest absolute Gasteiger partial charge is 0.507 e. The highest BCUT2D eigenvalue weighted by Gasteiger charge is 2.32. The van der Waals surface area contributed by atoms with Gasteiger partial charge in [-0.3, -0.25) is 4.79 Å². The lowest BCUT2D eigenvalue weighted by Gasteiger charge is -2.05. The van der Waals surface area contributed by atoms with E-state index in [1.54, 1.807) is 12.1 Å². The molecule has 1 fully saturated rings. The van der Waals surface area contributed by atoms with E-state index in [0.717, 1.165) is 12.8 Å². The first-order chi connectivity index (χ1) is 7.68. The Morgan fingerprint density at radius 1 is 1.31 bits per heavy atom. The molecule has 0 atom stereocenters. The monoisotopic (exact) mass is 221 g/mol. The van der Waals surface area contributed by atoms with Gasteiger partial charge in [0.1, 0.15) is 5.75 Å². The van der Waals surface area contributed by atoms with Crippen LogP contribution in [0.25, 0.3) is 0 Å². The van der Waals surface area contributed by atoms with Crippen molar-refractivity contribution in [2.24, 2.45) is 5.92 Å². The van der Waals surface area contributed by atoms with Crippen LogP contribution in [0.4, 0.5) is 0 Å². The summed E-state index contributed by atoms with van der Waals surface area (Å²) < 4.78 is 0. The van der Waals surface area contributed by atoms with Gasteiger partial charge < -0.3 is 9.94 Å². The Labute approximate surface area is 92.0 Å². The summed E-state index contributed by atoms with van der Waals surface area (Å²) >= 11 is 0. The quantitative estimate of drug-likeness (QED) is 0.730. The summed E-state index contributed by atoms with van der Waals surface area (Å²) in [4.78, 5) is 27.2. The number of aromatic hydroxyl groups is 1. The molecule has 16 heavy (non-hydrogen) atoms. The molecule has 5 nitrogen and oxygen atoms in total. The highest BCUT2D eigenvalue weighted by Crippen LogP contribution is 2.29. The summed E-state index contributed by atoms with van der Waals surface area (Å²) in [7, 11) is 0. The van der Waals surface area contributed by atoms with Crippen molar-refractivity contribution in [3.05, 3.63) is 29.8 Å². The predicted octanol–water partition coefficient (Wildman–Crippen LogP) is 0.990. The topological polar surface area (TPSA) is 75.6 Å². The number of hydrogen-bond donors (Lipinski definition) is 2. The number of phenols is 1. The molecule has 0 spiro atoms. The van der Waals surface area contributed by atoms with E-state index in [1.807, 2.05) is 5.48 Å². The molecule has 5 heteroatoms. The number of carbonyl (C=O) groups excluding carboxylic acids is 2. The molecule has 0 radical (unpaired) electrons. The maximum atomic E-state index is 11.5. The second-order valence-corrected chi connectivity index (χ2v) is 3.64. The van der Waals surface area contributed by atoms with E-state index in [9.17, 15) is 14.7 Å². The van der Waals surface area contributed by atoms with Crippen molar-refractivity contribution in [2.75, 3.05) is 0 Å². The molecule has 2 rings (SSSR count). The zero-order chi connectivity index (χ0) is 11.5. The average Bonchev–Trinajstić information content (AvgIpc) is 3.10. The molecule has 0 heterocycles. The molecule has 0 saturated heterocycles. The normalized spacial score (nSPS) is 14.2. The maximum absolute atomic E-state index is 11.5. The van der Waals surface area contributed by atoms with Gasteiger partial charge in [0.05, 0.1) is 11.5 Å². The van der Waals surface area contributed by atoms with Crippen LogP contribution >= 0.6 is 0 Å². The molecular weight excluding hydrogens is 210 g/mol. The number of para-hydroxylation sites is 1. The summed E-state index contributed by atoms with van der Waals surface area (Å²) in [6.45, 7) is 0. The van der Waals surface area contributed by atoms with Crippen LogP contribution in [0.2, 0.25) is 0 Å². The molecule has 0 aromatic heterocycles. The minimum Gasteiger partial charge on any atom is -0.507 e. The maximum Gasteiger partial charge on any atom is 0.335 e. The van der Waals surface area contributed by atoms with E-state index >= 15 is 0 Å². The van der Waals surface area contributed by atoms with Crippen LogP contribution in [0.1, 0.15) is 23.2 Å². The third kappa shape index (κ3) is 2.31. The van der Waals surface area contributed by atoms with Gasteiger partial charge in [-0.15, -0.1) is 0 Å². The van der Waals surface area contributed by atoms with Crippen LogP contribution in [0.15, 0.2) is 24.3 Å². The summed E-state index contributed by atoms with van der Waals surface area (Å²) in [5, 5.41) is 9.37. The Balaban J connectivity index is 1.92. The first-order valence-corrected chi connectivity index (χ1v) is 4.97. The fourth-order valence-electron chi connectivity index (χ4n) is 1.22. The van der Waals surface area contributed by atoms with Gasteiger partial charge in [-0.2, -0.15) is 5.48 Å². The van der Waals surface area contributed by atoms with Crippen LogP contribution in [0.3, 0.4) is 0 Å². The average molecular weight is 221 g/mol. The Hall–Kier alpha value is -2.04. The number of carbonyl (C=O) groups is 2. The zero-order valence-corrected chi connectivity index (χ0v) is 8.47. The van der Waals surface area contributed by atoms with Gasteiger partial charge in [0, 0.05) is 0 Å². The Bertz CT molecular complexity index is 426. The van der Waals surface area contributed by atoms with Crippen LogP contribution in [-0.2, 0) is 9.63 Å². The van der Waals surface area contributed by atoms with E-state index in [1.165, 1.54) is 12.1 Å². The lowest BCUT2D eigenvalue weighted by atomic mass is 10.2. The second-order valence-electron chi connectivity index (χ2n) is 3.64. The van der Waals surface area contributed by atoms with E-state index in [-0.39, 0.29) is 17.2 Å². The van der Waals surface area contributed by atoms with Crippen LogP contribution < -0.4 is 5.48 Å². The number of hydroxylamine groups is 1. The standard InChI is InChI=1S/C11H11NO4/c13-9-4-2-1-3-8(9)10(14)12-16-11(15)7-5-6-7/h1-4,7,13H,5-6H2,(H,12,14). The first-order valence-electron chi connectivity index (χ1n) is 4.97. The summed E-state index contributed by atoms with van der Waals surface area (Å²) in [5.41, 5.74) is 2.09. The van der Waals surface area contributed by atoms with Gasteiger partial charge in [-0.1, -0.05) is 12.1 Å². The number of hydrogen-bond acceptors (Lipinski definition) is 4. The van der Waals surface area contributed by atoms with E-state index in [4.69, 9.17) is 0 Å². The Morgan fingerprint density at radius 3 is 2.62 bits per heavy atom. The van der Waals surface area contributed by atoms with Crippen molar-refractivity contribution in [2.45, 2.75) is 12.8 Å². The fraction of sp³-hybridized carbons (Fsp3) is 0.273. The summed E-state index contributed by atoms with van der Waals surface area (Å²) in [6, 6.07) is 6.03. The van der Waals surface area contributed by atoms with E-state index < -0.39 is 11.9 Å². The SMILES string of the molecule is O=C(NOC(=O)C1CC1)c1ccccc1O. The minimum absolute atomic E-state index is 0.0751. The van der Waals surface area contributed by atoms with Gasteiger partial charge in [0.15, 0.2) is 0 Å². The van der Waals surface area contributed by atoms with Gasteiger partial charge in [0.25, 0.3) is 5.91 Å². The Kier molecular flexibility index (Phi) is 2.76. The molecule has 0 bridgehead atoms. The number of benzene rings is 1. The number of amides is 1. The third-order valence-electron chi connectivity index (χ3n) is 2.30. The highest BCUT2D eigenvalue weighted by atomic mass is 16.7. The molecule has 84 valence electrons. The van der Waals surface area contributed by atoms with E-state index in [2.05, 4.69) is 4.84 Å². The molecule has 1 aromatic rings. The van der Waals surface area contributed by atoms with Crippen LogP contribution in [0, 0.1) is 5.92 Å². The number of phenolic OH excluding ortho intramolecular Hbond substituents is 1. The molecule has 2 N–H and O–H groups in total. The lowest BCUT2D eigenvalue weighted by molar-refractivity contribution is -0.150.